The molecule has 0 aliphatic carbocycles. The molecule has 0 fully saturated rings. The summed E-state index contributed by atoms with van der Waals surface area (Å²) in [5.74, 6) is 0. The van der Waals surface area contributed by atoms with Gasteiger partial charge in [-0.15, -0.1) is 22.7 Å². The molecule has 0 bridgehead atoms. The first-order chi connectivity index (χ1) is 25.6. The van der Waals surface area contributed by atoms with Gasteiger partial charge in [-0.25, -0.2) is 0 Å². The van der Waals surface area contributed by atoms with Crippen LogP contribution in [0.5, 0.6) is 0 Å². The summed E-state index contributed by atoms with van der Waals surface area (Å²) < 4.78 is 2.61. The molecule has 0 amide bonds. The van der Waals surface area contributed by atoms with Gasteiger partial charge in [-0.2, -0.15) is 0 Å². The van der Waals surface area contributed by atoms with Crippen molar-refractivity contribution in [2.75, 3.05) is 11.4 Å². The predicted molar refractivity (Wildman–Crippen MR) is 228 cm³/mol. The van der Waals surface area contributed by atoms with Crippen LogP contribution in [0.4, 0.5) is 17.1 Å². The lowest BCUT2D eigenvalue weighted by Gasteiger charge is -2.26. The minimum Gasteiger partial charge on any atom is -0.397 e. The third kappa shape index (κ3) is 7.06. The van der Waals surface area contributed by atoms with Crippen molar-refractivity contribution in [3.63, 3.8) is 0 Å². The average Bonchev–Trinajstić information content (AvgIpc) is 3.84. The number of allylic oxidation sites excluding steroid dienone is 2. The van der Waals surface area contributed by atoms with Crippen molar-refractivity contribution in [2.24, 2.45) is 5.73 Å². The standard InChI is InChI=1S/C47H37N3S2/c1-2-3-8-29-49-32-43(48)35-15-13-33(14-16-35)34-17-23-40(24-18-34)50(41-25-19-36(20-26-41)46-30-38-9-4-6-11-44(38)51-46)42-27-21-37(22-28-42)47-31-39-10-5-7-12-45(39)52-47/h2-28,30-32,49H,1,29,48H2/b8-3-,43-32-. The maximum absolute atomic E-state index is 6.33. The molecule has 0 saturated heterocycles. The first-order valence-corrected chi connectivity index (χ1v) is 18.9. The van der Waals surface area contributed by atoms with Gasteiger partial charge < -0.3 is 16.0 Å². The van der Waals surface area contributed by atoms with E-state index in [9.17, 15) is 0 Å². The quantitative estimate of drug-likeness (QED) is 0.104. The van der Waals surface area contributed by atoms with E-state index in [0.29, 0.717) is 12.2 Å². The molecule has 52 heavy (non-hydrogen) atoms. The van der Waals surface area contributed by atoms with Crippen molar-refractivity contribution in [1.29, 1.82) is 0 Å². The van der Waals surface area contributed by atoms with E-state index in [-0.39, 0.29) is 0 Å². The first-order valence-electron chi connectivity index (χ1n) is 17.3. The van der Waals surface area contributed by atoms with Crippen LogP contribution in [0.3, 0.4) is 0 Å². The zero-order valence-corrected chi connectivity index (χ0v) is 30.2. The van der Waals surface area contributed by atoms with E-state index in [0.717, 1.165) is 33.8 Å². The molecule has 3 nitrogen and oxygen atoms in total. The zero-order valence-electron chi connectivity index (χ0n) is 28.6. The van der Waals surface area contributed by atoms with Crippen molar-refractivity contribution in [3.8, 4) is 32.0 Å². The second-order valence-corrected chi connectivity index (χ2v) is 14.7. The lowest BCUT2D eigenvalue weighted by atomic mass is 10.0. The smallest absolute Gasteiger partial charge is 0.0547 e. The van der Waals surface area contributed by atoms with Crippen molar-refractivity contribution >= 4 is 65.6 Å². The molecule has 0 aliphatic rings. The summed E-state index contributed by atoms with van der Waals surface area (Å²) >= 11 is 3.67. The molecule has 6 aromatic carbocycles. The average molecular weight is 708 g/mol. The van der Waals surface area contributed by atoms with Gasteiger partial charge in [0.1, 0.15) is 0 Å². The van der Waals surface area contributed by atoms with Crippen LogP contribution in [0.25, 0.3) is 57.9 Å². The Kier molecular flexibility index (Phi) is 9.53. The molecule has 0 atom stereocenters. The monoisotopic (exact) mass is 707 g/mol. The fourth-order valence-corrected chi connectivity index (χ4v) is 8.52. The predicted octanol–water partition coefficient (Wildman–Crippen LogP) is 13.2. The van der Waals surface area contributed by atoms with Crippen LogP contribution in [0.1, 0.15) is 5.56 Å². The summed E-state index contributed by atoms with van der Waals surface area (Å²) in [6, 6.07) is 56.8. The molecular weight excluding hydrogens is 671 g/mol. The van der Waals surface area contributed by atoms with E-state index in [1.165, 1.54) is 41.1 Å². The van der Waals surface area contributed by atoms with Gasteiger partial charge in [0, 0.05) is 49.0 Å². The van der Waals surface area contributed by atoms with Crippen molar-refractivity contribution < 1.29 is 0 Å². The molecule has 3 N–H and O–H groups in total. The van der Waals surface area contributed by atoms with Crippen LogP contribution in [0, 0.1) is 0 Å². The number of thiophene rings is 2. The van der Waals surface area contributed by atoms with Gasteiger partial charge in [-0.1, -0.05) is 122 Å². The van der Waals surface area contributed by atoms with E-state index in [2.05, 4.69) is 175 Å². The van der Waals surface area contributed by atoms with E-state index >= 15 is 0 Å². The number of rotatable bonds is 11. The molecule has 2 heterocycles. The lowest BCUT2D eigenvalue weighted by Crippen LogP contribution is -2.09. The largest absolute Gasteiger partial charge is 0.397 e. The van der Waals surface area contributed by atoms with E-state index < -0.39 is 0 Å². The second kappa shape index (κ2) is 15.0. The Bertz CT molecular complexity index is 2340. The van der Waals surface area contributed by atoms with E-state index in [1.54, 1.807) is 6.08 Å². The SMILES string of the molecule is C=C/C=C\CN/C=C(\N)c1ccc(-c2ccc(N(c3ccc(-c4cc5ccccc5s4)cc3)c3ccc(-c4cc5ccccc5s4)cc3)cc2)cc1. The molecule has 2 aromatic heterocycles. The van der Waals surface area contributed by atoms with Crippen LogP contribution in [0.2, 0.25) is 0 Å². The Balaban J connectivity index is 1.09. The number of hydrogen-bond donors (Lipinski definition) is 2. The molecule has 5 heteroatoms. The third-order valence-electron chi connectivity index (χ3n) is 9.11. The summed E-state index contributed by atoms with van der Waals surface area (Å²) in [6.07, 6.45) is 7.50. The molecule has 8 aromatic rings. The Hall–Kier alpha value is -6.14. The van der Waals surface area contributed by atoms with Crippen LogP contribution in [-0.2, 0) is 0 Å². The first kappa shape index (κ1) is 33.0. The molecule has 8 rings (SSSR count). The lowest BCUT2D eigenvalue weighted by molar-refractivity contribution is 0.985. The fraction of sp³-hybridized carbons (Fsp3) is 0.0213. The highest BCUT2D eigenvalue weighted by atomic mass is 32.1. The topological polar surface area (TPSA) is 41.3 Å². The summed E-state index contributed by atoms with van der Waals surface area (Å²) in [7, 11) is 0. The third-order valence-corrected chi connectivity index (χ3v) is 11.4. The van der Waals surface area contributed by atoms with Crippen LogP contribution < -0.4 is 16.0 Å². The summed E-state index contributed by atoms with van der Waals surface area (Å²) in [4.78, 5) is 4.88. The van der Waals surface area contributed by atoms with Crippen LogP contribution in [0.15, 0.2) is 189 Å². The fourth-order valence-electron chi connectivity index (χ4n) is 6.39. The minimum absolute atomic E-state index is 0.695. The van der Waals surface area contributed by atoms with Crippen LogP contribution >= 0.6 is 22.7 Å². The Morgan fingerprint density at radius 2 is 1.02 bits per heavy atom. The maximum Gasteiger partial charge on any atom is 0.0547 e. The van der Waals surface area contributed by atoms with Crippen molar-refractivity contribution in [3.05, 3.63) is 194 Å². The van der Waals surface area contributed by atoms with Gasteiger partial charge in [-0.05, 0) is 99.3 Å². The van der Waals surface area contributed by atoms with Crippen molar-refractivity contribution in [1.82, 2.24) is 5.32 Å². The van der Waals surface area contributed by atoms with Gasteiger partial charge in [0.15, 0.2) is 0 Å². The van der Waals surface area contributed by atoms with Crippen LogP contribution in [-0.4, -0.2) is 6.54 Å². The van der Waals surface area contributed by atoms with Gasteiger partial charge in [0.25, 0.3) is 0 Å². The summed E-state index contributed by atoms with van der Waals surface area (Å²) in [5.41, 5.74) is 16.0. The van der Waals surface area contributed by atoms with E-state index in [1.807, 2.05) is 41.0 Å². The van der Waals surface area contributed by atoms with Gasteiger partial charge in [0.2, 0.25) is 0 Å². The van der Waals surface area contributed by atoms with Crippen molar-refractivity contribution in [2.45, 2.75) is 0 Å². The van der Waals surface area contributed by atoms with Gasteiger partial charge in [0.05, 0.1) is 5.70 Å². The van der Waals surface area contributed by atoms with Gasteiger partial charge in [-0.3, -0.25) is 0 Å². The van der Waals surface area contributed by atoms with E-state index in [4.69, 9.17) is 5.73 Å². The highest BCUT2D eigenvalue weighted by Crippen LogP contribution is 2.40. The molecule has 0 radical (unpaired) electrons. The molecule has 0 spiro atoms. The molecular formula is C47H37N3S2. The molecule has 252 valence electrons. The number of nitrogens with zero attached hydrogens (tertiary/aromatic N) is 1. The Labute approximate surface area is 312 Å². The number of hydrogen-bond acceptors (Lipinski definition) is 5. The highest BCUT2D eigenvalue weighted by molar-refractivity contribution is 7.22. The number of benzene rings is 6. The molecule has 0 aliphatic heterocycles. The summed E-state index contributed by atoms with van der Waals surface area (Å²) in [6.45, 7) is 4.39. The molecule has 0 unspecified atom stereocenters. The zero-order chi connectivity index (χ0) is 35.3. The second-order valence-electron chi connectivity index (χ2n) is 12.5. The number of fused-ring (bicyclic) bond motifs is 2. The molecule has 0 saturated carbocycles. The Morgan fingerprint density at radius 3 is 1.48 bits per heavy atom. The number of anilines is 3. The summed E-state index contributed by atoms with van der Waals surface area (Å²) in [5, 5.41) is 5.78. The highest BCUT2D eigenvalue weighted by Gasteiger charge is 2.15. The maximum atomic E-state index is 6.33. The van der Waals surface area contributed by atoms with Gasteiger partial charge >= 0.3 is 0 Å². The number of nitrogens with one attached hydrogen (secondary N) is 1. The Morgan fingerprint density at radius 1 is 0.577 bits per heavy atom. The minimum atomic E-state index is 0.695. The number of nitrogens with two attached hydrogens (primary N) is 1. The normalized spacial score (nSPS) is 11.7.